The molecular weight excluding hydrogens is 416 g/mol. The molecule has 10 heteroatoms. The molecule has 140 valence electrons. The minimum atomic E-state index is -1.20. The molecule has 0 bridgehead atoms. The van der Waals surface area contributed by atoms with Crippen LogP contribution in [-0.2, 0) is 4.79 Å². The van der Waals surface area contributed by atoms with Gasteiger partial charge in [0.1, 0.15) is 16.7 Å². The van der Waals surface area contributed by atoms with E-state index in [2.05, 4.69) is 15.6 Å². The third kappa shape index (κ3) is 4.32. The second-order valence-corrected chi connectivity index (χ2v) is 7.91. The number of rotatable bonds is 5. The van der Waals surface area contributed by atoms with E-state index in [1.54, 1.807) is 17.5 Å². The van der Waals surface area contributed by atoms with E-state index < -0.39 is 29.5 Å². The Morgan fingerprint density at radius 1 is 1.19 bits per heavy atom. The van der Waals surface area contributed by atoms with Crippen molar-refractivity contribution in [2.45, 2.75) is 6.04 Å². The van der Waals surface area contributed by atoms with Gasteiger partial charge in [-0.1, -0.05) is 17.7 Å². The number of nitrogens with zero attached hydrogens (tertiary/aromatic N) is 1. The molecule has 2 N–H and O–H groups in total. The molecule has 0 saturated heterocycles. The molecule has 2 aromatic heterocycles. The Morgan fingerprint density at radius 2 is 1.96 bits per heavy atom. The quantitative estimate of drug-likeness (QED) is 0.646. The number of nitrogens with one attached hydrogen (secondary N) is 2. The smallest absolute Gasteiger partial charge is 0.271 e. The molecule has 0 saturated carbocycles. The summed E-state index contributed by atoms with van der Waals surface area (Å²) in [6, 6.07) is 5.33. The summed E-state index contributed by atoms with van der Waals surface area (Å²) < 4.78 is 27.3. The van der Waals surface area contributed by atoms with Gasteiger partial charge in [-0.05, 0) is 29.8 Å². The number of hydrogen-bond acceptors (Lipinski definition) is 5. The van der Waals surface area contributed by atoms with Gasteiger partial charge in [-0.2, -0.15) is 0 Å². The number of aromatic nitrogens is 1. The van der Waals surface area contributed by atoms with Crippen LogP contribution in [0.4, 0.5) is 8.78 Å². The van der Waals surface area contributed by atoms with Crippen molar-refractivity contribution < 1.29 is 18.4 Å². The standard InChI is InChI=1S/C17H12ClF2N3O2S2/c1-21-16(25)14(8-2-3-9(19)10(20)6-8)23-15(24)11-7-26-17(22-11)12-4-5-13(18)27-12/h2-7,14H,1H3,(H,21,25)(H,23,24). The second kappa shape index (κ2) is 8.12. The van der Waals surface area contributed by atoms with E-state index in [9.17, 15) is 18.4 Å². The van der Waals surface area contributed by atoms with Crippen molar-refractivity contribution in [3.63, 3.8) is 0 Å². The van der Waals surface area contributed by atoms with E-state index >= 15 is 0 Å². The van der Waals surface area contributed by atoms with Crippen LogP contribution >= 0.6 is 34.3 Å². The molecule has 0 aliphatic heterocycles. The van der Waals surface area contributed by atoms with Crippen LogP contribution in [0, 0.1) is 11.6 Å². The molecule has 0 spiro atoms. The molecule has 0 radical (unpaired) electrons. The van der Waals surface area contributed by atoms with Crippen LogP contribution in [0.1, 0.15) is 22.1 Å². The third-order valence-electron chi connectivity index (χ3n) is 3.58. The van der Waals surface area contributed by atoms with Gasteiger partial charge in [0.25, 0.3) is 5.91 Å². The maximum atomic E-state index is 13.5. The number of thiazole rings is 1. The lowest BCUT2D eigenvalue weighted by molar-refractivity contribution is -0.122. The Hall–Kier alpha value is -2.36. The first-order valence-electron chi connectivity index (χ1n) is 7.57. The summed E-state index contributed by atoms with van der Waals surface area (Å²) in [4.78, 5) is 29.7. The summed E-state index contributed by atoms with van der Waals surface area (Å²) in [7, 11) is 1.38. The molecule has 3 aromatic rings. The molecule has 0 fully saturated rings. The van der Waals surface area contributed by atoms with Crippen LogP contribution in [0.5, 0.6) is 0 Å². The number of benzene rings is 1. The fraction of sp³-hybridized carbons (Fsp3) is 0.118. The van der Waals surface area contributed by atoms with Crippen molar-refractivity contribution in [1.29, 1.82) is 0 Å². The van der Waals surface area contributed by atoms with Crippen molar-refractivity contribution in [3.8, 4) is 9.88 Å². The molecule has 2 heterocycles. The fourth-order valence-electron chi connectivity index (χ4n) is 2.26. The predicted molar refractivity (Wildman–Crippen MR) is 101 cm³/mol. The lowest BCUT2D eigenvalue weighted by Crippen LogP contribution is -2.39. The molecule has 2 amide bonds. The first-order chi connectivity index (χ1) is 12.9. The Bertz CT molecular complexity index is 1010. The van der Waals surface area contributed by atoms with Gasteiger partial charge < -0.3 is 10.6 Å². The minimum Gasteiger partial charge on any atom is -0.357 e. The first kappa shape index (κ1) is 19.4. The molecule has 27 heavy (non-hydrogen) atoms. The maximum Gasteiger partial charge on any atom is 0.271 e. The molecular formula is C17H12ClF2N3O2S2. The van der Waals surface area contributed by atoms with Gasteiger partial charge in [0.05, 0.1) is 9.21 Å². The summed E-state index contributed by atoms with van der Waals surface area (Å²) in [6.45, 7) is 0. The molecule has 0 aliphatic rings. The number of carbonyl (C=O) groups is 2. The van der Waals surface area contributed by atoms with Crippen LogP contribution in [0.25, 0.3) is 9.88 Å². The average molecular weight is 428 g/mol. The predicted octanol–water partition coefficient (Wildman–Crippen LogP) is 4.02. The maximum absolute atomic E-state index is 13.5. The van der Waals surface area contributed by atoms with Crippen molar-refractivity contribution >= 4 is 46.1 Å². The zero-order valence-electron chi connectivity index (χ0n) is 13.8. The van der Waals surface area contributed by atoms with E-state index in [0.717, 1.165) is 17.0 Å². The molecule has 1 unspecified atom stereocenters. The highest BCUT2D eigenvalue weighted by Gasteiger charge is 2.25. The van der Waals surface area contributed by atoms with Gasteiger partial charge in [0, 0.05) is 12.4 Å². The van der Waals surface area contributed by atoms with Crippen molar-refractivity contribution in [2.75, 3.05) is 7.05 Å². The fourth-order valence-corrected chi connectivity index (χ4v) is 4.18. The highest BCUT2D eigenvalue weighted by Crippen LogP contribution is 2.33. The topological polar surface area (TPSA) is 71.1 Å². The Balaban J connectivity index is 1.83. The first-order valence-corrected chi connectivity index (χ1v) is 9.65. The number of hydrogen-bond donors (Lipinski definition) is 2. The number of amides is 2. The van der Waals surface area contributed by atoms with Gasteiger partial charge >= 0.3 is 0 Å². The van der Waals surface area contributed by atoms with Gasteiger partial charge in [0.15, 0.2) is 11.6 Å². The van der Waals surface area contributed by atoms with Gasteiger partial charge in [-0.3, -0.25) is 9.59 Å². The lowest BCUT2D eigenvalue weighted by atomic mass is 10.1. The minimum absolute atomic E-state index is 0.107. The summed E-state index contributed by atoms with van der Waals surface area (Å²) in [5.74, 6) is -3.34. The van der Waals surface area contributed by atoms with E-state index in [1.165, 1.54) is 35.8 Å². The Morgan fingerprint density at radius 3 is 2.59 bits per heavy atom. The van der Waals surface area contributed by atoms with Crippen molar-refractivity contribution in [1.82, 2.24) is 15.6 Å². The van der Waals surface area contributed by atoms with Crippen LogP contribution in [-0.4, -0.2) is 23.8 Å². The molecule has 0 aliphatic carbocycles. The summed E-state index contributed by atoms with van der Waals surface area (Å²) >= 11 is 8.49. The summed E-state index contributed by atoms with van der Waals surface area (Å²) in [5, 5.41) is 7.04. The SMILES string of the molecule is CNC(=O)C(NC(=O)c1csc(-c2ccc(Cl)s2)n1)c1ccc(F)c(F)c1. The normalized spacial score (nSPS) is 11.9. The Labute approximate surface area is 166 Å². The summed E-state index contributed by atoms with van der Waals surface area (Å²) in [6.07, 6.45) is 0. The lowest BCUT2D eigenvalue weighted by Gasteiger charge is -2.17. The van der Waals surface area contributed by atoms with Crippen LogP contribution in [0.3, 0.4) is 0 Å². The van der Waals surface area contributed by atoms with Crippen LogP contribution in [0.15, 0.2) is 35.7 Å². The summed E-state index contributed by atoms with van der Waals surface area (Å²) in [5.41, 5.74) is 0.220. The van der Waals surface area contributed by atoms with E-state index in [1.807, 2.05) is 0 Å². The number of halogens is 3. The third-order valence-corrected chi connectivity index (χ3v) is 5.82. The molecule has 5 nitrogen and oxygen atoms in total. The monoisotopic (exact) mass is 427 g/mol. The number of thiophene rings is 1. The molecule has 3 rings (SSSR count). The second-order valence-electron chi connectivity index (χ2n) is 5.34. The number of likely N-dealkylation sites (N-methyl/N-ethyl adjacent to an activating group) is 1. The molecule has 1 atom stereocenters. The average Bonchev–Trinajstić information content (AvgIpc) is 3.30. The zero-order chi connectivity index (χ0) is 19.6. The van der Waals surface area contributed by atoms with Crippen LogP contribution in [0.2, 0.25) is 4.34 Å². The van der Waals surface area contributed by atoms with Crippen molar-refractivity contribution in [2.24, 2.45) is 0 Å². The highest BCUT2D eigenvalue weighted by molar-refractivity contribution is 7.23. The number of carbonyl (C=O) groups excluding carboxylic acids is 2. The van der Waals surface area contributed by atoms with E-state index in [0.29, 0.717) is 9.34 Å². The van der Waals surface area contributed by atoms with E-state index in [-0.39, 0.29) is 11.3 Å². The Kier molecular flexibility index (Phi) is 5.83. The largest absolute Gasteiger partial charge is 0.357 e. The van der Waals surface area contributed by atoms with Crippen LogP contribution < -0.4 is 10.6 Å². The van der Waals surface area contributed by atoms with Gasteiger partial charge in [-0.15, -0.1) is 22.7 Å². The zero-order valence-corrected chi connectivity index (χ0v) is 16.1. The van der Waals surface area contributed by atoms with E-state index in [4.69, 9.17) is 11.6 Å². The molecule has 1 aromatic carbocycles. The van der Waals surface area contributed by atoms with Crippen molar-refractivity contribution in [3.05, 3.63) is 62.9 Å². The van der Waals surface area contributed by atoms with Gasteiger partial charge in [0.2, 0.25) is 5.91 Å². The van der Waals surface area contributed by atoms with Gasteiger partial charge in [-0.25, -0.2) is 13.8 Å². The highest BCUT2D eigenvalue weighted by atomic mass is 35.5.